The van der Waals surface area contributed by atoms with Crippen molar-refractivity contribution in [1.82, 2.24) is 5.32 Å². The van der Waals surface area contributed by atoms with E-state index < -0.39 is 0 Å². The van der Waals surface area contributed by atoms with Crippen molar-refractivity contribution in [3.05, 3.63) is 71.0 Å². The fraction of sp³-hybridized carbons (Fsp3) is 0.320. The van der Waals surface area contributed by atoms with Gasteiger partial charge in [0.05, 0.1) is 6.61 Å². The molecule has 3 aromatic rings. The van der Waals surface area contributed by atoms with E-state index in [0.29, 0.717) is 13.2 Å². The highest BCUT2D eigenvalue weighted by atomic mass is 16.5. The van der Waals surface area contributed by atoms with E-state index >= 15 is 0 Å². The predicted molar refractivity (Wildman–Crippen MR) is 118 cm³/mol. The minimum absolute atomic E-state index is 0.0850. The van der Waals surface area contributed by atoms with Crippen molar-refractivity contribution in [3.63, 3.8) is 0 Å². The van der Waals surface area contributed by atoms with E-state index in [0.717, 1.165) is 52.0 Å². The third kappa shape index (κ3) is 5.08. The lowest BCUT2D eigenvalue weighted by Crippen LogP contribution is -2.22. The normalized spacial score (nSPS) is 11.7. The second-order valence-corrected chi connectivity index (χ2v) is 7.27. The molecule has 0 unspecified atom stereocenters. The topological polar surface area (TPSA) is 51.5 Å². The van der Waals surface area contributed by atoms with E-state index in [4.69, 9.17) is 9.15 Å². The van der Waals surface area contributed by atoms with Crippen molar-refractivity contribution in [2.24, 2.45) is 0 Å². The maximum Gasteiger partial charge on any atom is 0.244 e. The van der Waals surface area contributed by atoms with Gasteiger partial charge in [-0.15, -0.1) is 0 Å². The highest BCUT2D eigenvalue weighted by Crippen LogP contribution is 2.34. The quantitative estimate of drug-likeness (QED) is 0.402. The van der Waals surface area contributed by atoms with E-state index in [9.17, 15) is 4.79 Å². The molecule has 1 N–H and O–H groups in total. The molecule has 0 aliphatic heterocycles. The molecule has 2 aromatic carbocycles. The standard InChI is InChI=1S/C25H29NO3/c1-5-28-23-16-24-22(18(3)19(4)29-24)15-21(23)17(2)14-25(27)26-13-9-12-20-10-7-6-8-11-20/h6-8,10-11,14-16H,5,9,12-13H2,1-4H3,(H,26,27)/b17-14+. The molecule has 0 saturated carbocycles. The van der Waals surface area contributed by atoms with Gasteiger partial charge in [0.1, 0.15) is 17.1 Å². The van der Waals surface area contributed by atoms with Crippen molar-refractivity contribution in [3.8, 4) is 5.75 Å². The van der Waals surface area contributed by atoms with Crippen LogP contribution in [0.25, 0.3) is 16.5 Å². The van der Waals surface area contributed by atoms with Crippen LogP contribution < -0.4 is 10.1 Å². The number of fused-ring (bicyclic) bond motifs is 1. The predicted octanol–water partition coefficient (Wildman–Crippen LogP) is 5.60. The zero-order chi connectivity index (χ0) is 20.8. The SMILES string of the molecule is CCOc1cc2oc(C)c(C)c2cc1/C(C)=C/C(=O)NCCCc1ccccc1. The monoisotopic (exact) mass is 391 g/mol. The summed E-state index contributed by atoms with van der Waals surface area (Å²) in [4.78, 5) is 12.4. The molecule has 152 valence electrons. The number of aryl methyl sites for hydroxylation is 3. The summed E-state index contributed by atoms with van der Waals surface area (Å²) in [6.45, 7) is 9.09. The Kier molecular flexibility index (Phi) is 6.76. The summed E-state index contributed by atoms with van der Waals surface area (Å²) in [5.74, 6) is 1.55. The van der Waals surface area contributed by atoms with Gasteiger partial charge >= 0.3 is 0 Å². The molecule has 0 spiro atoms. The molecule has 1 aromatic heterocycles. The molecule has 0 aliphatic rings. The Labute approximate surface area is 172 Å². The lowest BCUT2D eigenvalue weighted by molar-refractivity contribution is -0.116. The highest BCUT2D eigenvalue weighted by Gasteiger charge is 2.14. The molecular formula is C25H29NO3. The molecule has 0 bridgehead atoms. The van der Waals surface area contributed by atoms with Crippen LogP contribution in [-0.2, 0) is 11.2 Å². The second kappa shape index (κ2) is 9.46. The number of amides is 1. The highest BCUT2D eigenvalue weighted by molar-refractivity contribution is 5.97. The molecule has 1 amide bonds. The average molecular weight is 392 g/mol. The van der Waals surface area contributed by atoms with Crippen molar-refractivity contribution in [2.45, 2.75) is 40.5 Å². The molecule has 0 fully saturated rings. The summed E-state index contributed by atoms with van der Waals surface area (Å²) in [6.07, 6.45) is 3.51. The lowest BCUT2D eigenvalue weighted by Gasteiger charge is -2.11. The molecular weight excluding hydrogens is 362 g/mol. The van der Waals surface area contributed by atoms with Gasteiger partial charge in [-0.05, 0) is 63.3 Å². The summed E-state index contributed by atoms with van der Waals surface area (Å²) in [5, 5.41) is 4.04. The smallest absolute Gasteiger partial charge is 0.244 e. The number of allylic oxidation sites excluding steroid dienone is 1. The van der Waals surface area contributed by atoms with Crippen LogP contribution in [0.3, 0.4) is 0 Å². The van der Waals surface area contributed by atoms with Crippen LogP contribution in [0, 0.1) is 13.8 Å². The summed E-state index contributed by atoms with van der Waals surface area (Å²) in [5.41, 5.74) is 5.00. The minimum Gasteiger partial charge on any atom is -0.493 e. The number of hydrogen-bond donors (Lipinski definition) is 1. The van der Waals surface area contributed by atoms with Crippen LogP contribution in [-0.4, -0.2) is 19.1 Å². The average Bonchev–Trinajstić information content (AvgIpc) is 2.99. The molecule has 1 heterocycles. The Bertz CT molecular complexity index is 1020. The van der Waals surface area contributed by atoms with Crippen molar-refractivity contribution in [1.29, 1.82) is 0 Å². The first-order valence-electron chi connectivity index (χ1n) is 10.2. The van der Waals surface area contributed by atoms with Gasteiger partial charge in [-0.2, -0.15) is 0 Å². The molecule has 4 heteroatoms. The first-order valence-corrected chi connectivity index (χ1v) is 10.2. The number of carbonyl (C=O) groups excluding carboxylic acids is 1. The molecule has 0 aliphatic carbocycles. The Hall–Kier alpha value is -3.01. The zero-order valence-corrected chi connectivity index (χ0v) is 17.7. The first-order chi connectivity index (χ1) is 14.0. The number of ether oxygens (including phenoxy) is 1. The summed E-state index contributed by atoms with van der Waals surface area (Å²) in [7, 11) is 0. The molecule has 0 atom stereocenters. The minimum atomic E-state index is -0.0850. The maximum absolute atomic E-state index is 12.4. The number of rotatable bonds is 8. The fourth-order valence-electron chi connectivity index (χ4n) is 3.43. The summed E-state index contributed by atoms with van der Waals surface area (Å²) in [6, 6.07) is 14.3. The molecule has 3 rings (SSSR count). The first kappa shape index (κ1) is 20.7. The van der Waals surface area contributed by atoms with Crippen LogP contribution >= 0.6 is 0 Å². The summed E-state index contributed by atoms with van der Waals surface area (Å²) < 4.78 is 11.6. The zero-order valence-electron chi connectivity index (χ0n) is 17.7. The third-order valence-corrected chi connectivity index (χ3v) is 5.13. The number of nitrogens with one attached hydrogen (secondary N) is 1. The van der Waals surface area contributed by atoms with Gasteiger partial charge in [-0.3, -0.25) is 4.79 Å². The van der Waals surface area contributed by atoms with Gasteiger partial charge in [0.15, 0.2) is 0 Å². The van der Waals surface area contributed by atoms with Crippen molar-refractivity contribution >= 4 is 22.4 Å². The number of carbonyl (C=O) groups is 1. The maximum atomic E-state index is 12.4. The number of furan rings is 1. The van der Waals surface area contributed by atoms with E-state index in [-0.39, 0.29) is 5.91 Å². The van der Waals surface area contributed by atoms with Crippen LogP contribution in [0.15, 0.2) is 53.0 Å². The van der Waals surface area contributed by atoms with E-state index in [1.54, 1.807) is 6.08 Å². The molecule has 29 heavy (non-hydrogen) atoms. The summed E-state index contributed by atoms with van der Waals surface area (Å²) >= 11 is 0. The largest absolute Gasteiger partial charge is 0.493 e. The third-order valence-electron chi connectivity index (χ3n) is 5.13. The van der Waals surface area contributed by atoms with Gasteiger partial charge in [0.2, 0.25) is 5.91 Å². The van der Waals surface area contributed by atoms with Crippen LogP contribution in [0.1, 0.15) is 42.7 Å². The van der Waals surface area contributed by atoms with E-state index in [1.165, 1.54) is 5.56 Å². The Balaban J connectivity index is 1.70. The molecule has 4 nitrogen and oxygen atoms in total. The lowest BCUT2D eigenvalue weighted by atomic mass is 10.0. The van der Waals surface area contributed by atoms with E-state index in [2.05, 4.69) is 23.5 Å². The van der Waals surface area contributed by atoms with Crippen molar-refractivity contribution in [2.75, 3.05) is 13.2 Å². The Morgan fingerprint density at radius 2 is 1.93 bits per heavy atom. The van der Waals surface area contributed by atoms with Crippen LogP contribution in [0.2, 0.25) is 0 Å². The van der Waals surface area contributed by atoms with Crippen LogP contribution in [0.4, 0.5) is 0 Å². The van der Waals surface area contributed by atoms with Gasteiger partial charge in [0, 0.05) is 29.6 Å². The Morgan fingerprint density at radius 1 is 1.17 bits per heavy atom. The van der Waals surface area contributed by atoms with Gasteiger partial charge in [-0.25, -0.2) is 0 Å². The van der Waals surface area contributed by atoms with Gasteiger partial charge in [-0.1, -0.05) is 30.3 Å². The van der Waals surface area contributed by atoms with Crippen LogP contribution in [0.5, 0.6) is 5.75 Å². The number of benzene rings is 2. The molecule has 0 saturated heterocycles. The van der Waals surface area contributed by atoms with E-state index in [1.807, 2.05) is 52.0 Å². The molecule has 0 radical (unpaired) electrons. The second-order valence-electron chi connectivity index (χ2n) is 7.27. The van der Waals surface area contributed by atoms with Gasteiger partial charge in [0.25, 0.3) is 0 Å². The van der Waals surface area contributed by atoms with Crippen molar-refractivity contribution < 1.29 is 13.9 Å². The fourth-order valence-corrected chi connectivity index (χ4v) is 3.43. The van der Waals surface area contributed by atoms with Gasteiger partial charge < -0.3 is 14.5 Å². The number of hydrogen-bond acceptors (Lipinski definition) is 3. The Morgan fingerprint density at radius 3 is 2.66 bits per heavy atom.